The van der Waals surface area contributed by atoms with Crippen LogP contribution in [0.5, 0.6) is 0 Å². The molecule has 0 aliphatic carbocycles. The molecule has 0 spiro atoms. The predicted molar refractivity (Wildman–Crippen MR) is 62.9 cm³/mol. The monoisotopic (exact) mass is 194 g/mol. The summed E-state index contributed by atoms with van der Waals surface area (Å²) < 4.78 is 0. The first-order valence-electron chi connectivity index (χ1n) is 5.11. The van der Waals surface area contributed by atoms with Gasteiger partial charge in [0.2, 0.25) is 0 Å². The fourth-order valence-corrected chi connectivity index (χ4v) is 3.31. The van der Waals surface area contributed by atoms with Gasteiger partial charge in [0.1, 0.15) is 0 Å². The van der Waals surface area contributed by atoms with Gasteiger partial charge in [0, 0.05) is 0 Å². The van der Waals surface area contributed by atoms with E-state index in [-0.39, 0.29) is 0 Å². The van der Waals surface area contributed by atoms with Crippen LogP contribution in [0.4, 0.5) is 0 Å². The van der Waals surface area contributed by atoms with Gasteiger partial charge in [-0.2, -0.15) is 0 Å². The molecule has 1 heterocycles. The third-order valence-electron chi connectivity index (χ3n) is 2.32. The summed E-state index contributed by atoms with van der Waals surface area (Å²) in [5.74, 6) is 0. The minimum absolute atomic E-state index is 0.322. The fourth-order valence-electron chi connectivity index (χ4n) is 1.64. The van der Waals surface area contributed by atoms with E-state index in [4.69, 9.17) is 0 Å². The summed E-state index contributed by atoms with van der Waals surface area (Å²) in [7, 11) is 0.322. The van der Waals surface area contributed by atoms with Crippen LogP contribution in [0.2, 0.25) is 0 Å². The Kier molecular flexibility index (Phi) is 4.45. The number of aryl methyl sites for hydroxylation is 1. The van der Waals surface area contributed by atoms with Crippen LogP contribution < -0.4 is 0 Å². The Labute approximate surface area is 83.1 Å². The molecule has 0 N–H and O–H groups in total. The van der Waals surface area contributed by atoms with Crippen molar-refractivity contribution < 1.29 is 0 Å². The van der Waals surface area contributed by atoms with Crippen LogP contribution in [0.25, 0.3) is 0 Å². The van der Waals surface area contributed by atoms with Crippen molar-refractivity contribution in [2.24, 2.45) is 0 Å². The smallest absolute Gasteiger partial charge is 0.00727 e. The van der Waals surface area contributed by atoms with Crippen molar-refractivity contribution in [3.8, 4) is 0 Å². The summed E-state index contributed by atoms with van der Waals surface area (Å²) in [4.78, 5) is 0. The van der Waals surface area contributed by atoms with Crippen molar-refractivity contribution in [2.75, 3.05) is 12.8 Å². The van der Waals surface area contributed by atoms with E-state index < -0.39 is 0 Å². The van der Waals surface area contributed by atoms with E-state index in [1.54, 1.807) is 11.1 Å². The molecule has 0 saturated heterocycles. The van der Waals surface area contributed by atoms with E-state index >= 15 is 0 Å². The van der Waals surface area contributed by atoms with Gasteiger partial charge in [0.15, 0.2) is 0 Å². The van der Waals surface area contributed by atoms with E-state index in [9.17, 15) is 0 Å². The topological polar surface area (TPSA) is 0 Å². The second kappa shape index (κ2) is 5.40. The van der Waals surface area contributed by atoms with E-state index in [2.05, 4.69) is 30.9 Å². The Balaban J connectivity index is 0.000000396. The van der Waals surface area contributed by atoms with Crippen LogP contribution in [0.3, 0.4) is 0 Å². The highest BCUT2D eigenvalue weighted by Crippen LogP contribution is 2.40. The largest absolute Gasteiger partial charge is 0.105 e. The van der Waals surface area contributed by atoms with Crippen LogP contribution in [-0.2, 0) is 12.6 Å². The van der Waals surface area contributed by atoms with Gasteiger partial charge in [0.25, 0.3) is 0 Å². The Bertz CT molecular complexity index is 255. The molecule has 0 nitrogen and oxygen atoms in total. The minimum atomic E-state index is 0.322. The number of benzene rings is 1. The Hall–Kier alpha value is -0.350. The van der Waals surface area contributed by atoms with Crippen molar-refractivity contribution in [1.82, 2.24) is 0 Å². The molecular weight excluding hydrogens is 175 g/mol. The second-order valence-corrected chi connectivity index (χ2v) is 5.73. The Morgan fingerprint density at radius 2 is 1.69 bits per heavy atom. The molecule has 0 saturated carbocycles. The lowest BCUT2D eigenvalue weighted by Crippen LogP contribution is -2.03. The molecule has 1 unspecified atom stereocenters. The van der Waals surface area contributed by atoms with Crippen molar-refractivity contribution in [3.63, 3.8) is 0 Å². The molecule has 1 aliphatic heterocycles. The molecule has 1 aromatic carbocycles. The van der Waals surface area contributed by atoms with Crippen LogP contribution in [0, 0.1) is 0 Å². The van der Waals surface area contributed by atoms with Gasteiger partial charge < -0.3 is 0 Å². The van der Waals surface area contributed by atoms with E-state index in [1.165, 1.54) is 18.7 Å². The first kappa shape index (κ1) is 10.7. The maximum atomic E-state index is 2.41. The molecule has 0 bridgehead atoms. The van der Waals surface area contributed by atoms with Crippen LogP contribution in [-0.4, -0.2) is 12.8 Å². The average Bonchev–Trinajstić information content (AvgIpc) is 2.21. The molecule has 0 aromatic heterocycles. The molecule has 0 radical (unpaired) electrons. The maximum absolute atomic E-state index is 2.41. The van der Waals surface area contributed by atoms with Gasteiger partial charge in [-0.1, -0.05) is 38.1 Å². The molecule has 13 heavy (non-hydrogen) atoms. The predicted octanol–water partition coefficient (Wildman–Crippen LogP) is 3.88. The number of hydrogen-bond acceptors (Lipinski definition) is 0. The minimum Gasteiger partial charge on any atom is -0.105 e. The molecule has 2 rings (SSSR count). The molecule has 1 heteroatoms. The summed E-state index contributed by atoms with van der Waals surface area (Å²) >= 11 is 0. The summed E-state index contributed by atoms with van der Waals surface area (Å²) in [5.41, 5.74) is 3.19. The highest BCUT2D eigenvalue weighted by atomic mass is 31.1. The highest BCUT2D eigenvalue weighted by molar-refractivity contribution is 7.56. The summed E-state index contributed by atoms with van der Waals surface area (Å²) in [5, 5.41) is 0. The third kappa shape index (κ3) is 2.81. The molecule has 0 amide bonds. The van der Waals surface area contributed by atoms with Crippen molar-refractivity contribution in [3.05, 3.63) is 35.4 Å². The maximum Gasteiger partial charge on any atom is -0.00727 e. The molecule has 1 aliphatic rings. The van der Waals surface area contributed by atoms with Crippen molar-refractivity contribution >= 4 is 7.92 Å². The SMILES string of the molecule is CC.CP1CCc2ccccc2C1. The van der Waals surface area contributed by atoms with Gasteiger partial charge >= 0.3 is 0 Å². The van der Waals surface area contributed by atoms with Gasteiger partial charge in [-0.25, -0.2) is 0 Å². The van der Waals surface area contributed by atoms with Crippen molar-refractivity contribution in [1.29, 1.82) is 0 Å². The van der Waals surface area contributed by atoms with Gasteiger partial charge in [-0.05, 0) is 36.5 Å². The van der Waals surface area contributed by atoms with E-state index in [0.717, 1.165) is 0 Å². The van der Waals surface area contributed by atoms with Gasteiger partial charge in [-0.3, -0.25) is 0 Å². The molecule has 0 fully saturated rings. The summed E-state index contributed by atoms with van der Waals surface area (Å²) in [6, 6.07) is 8.88. The van der Waals surface area contributed by atoms with Gasteiger partial charge in [0.05, 0.1) is 0 Å². The lowest BCUT2D eigenvalue weighted by molar-refractivity contribution is 1.06. The van der Waals surface area contributed by atoms with E-state index in [0.29, 0.717) is 7.92 Å². The number of hydrogen-bond donors (Lipinski definition) is 0. The Morgan fingerprint density at radius 1 is 1.08 bits per heavy atom. The van der Waals surface area contributed by atoms with Crippen LogP contribution in [0.1, 0.15) is 25.0 Å². The fraction of sp³-hybridized carbons (Fsp3) is 0.500. The summed E-state index contributed by atoms with van der Waals surface area (Å²) in [6.45, 7) is 6.41. The zero-order valence-electron chi connectivity index (χ0n) is 8.88. The lowest BCUT2D eigenvalue weighted by atomic mass is 10.1. The first-order chi connectivity index (χ1) is 6.36. The lowest BCUT2D eigenvalue weighted by Gasteiger charge is -2.21. The summed E-state index contributed by atoms with van der Waals surface area (Å²) in [6.07, 6.45) is 4.11. The molecule has 1 aromatic rings. The van der Waals surface area contributed by atoms with Crippen LogP contribution >= 0.6 is 7.92 Å². The highest BCUT2D eigenvalue weighted by Gasteiger charge is 2.12. The number of fused-ring (bicyclic) bond motifs is 1. The average molecular weight is 194 g/mol. The van der Waals surface area contributed by atoms with Gasteiger partial charge in [-0.15, -0.1) is 7.92 Å². The molecule has 72 valence electrons. The normalized spacial score (nSPS) is 19.8. The zero-order valence-corrected chi connectivity index (χ0v) is 9.77. The zero-order chi connectivity index (χ0) is 9.68. The first-order valence-corrected chi connectivity index (χ1v) is 7.27. The molecule has 1 atom stereocenters. The quantitative estimate of drug-likeness (QED) is 0.550. The third-order valence-corrected chi connectivity index (χ3v) is 4.19. The second-order valence-electron chi connectivity index (χ2n) is 3.26. The van der Waals surface area contributed by atoms with E-state index in [1.807, 2.05) is 13.8 Å². The standard InChI is InChI=1S/C10H13P.C2H6/c1-11-7-6-9-4-2-3-5-10(9)8-11;1-2/h2-5H,6-8H2,1H3;1-2H3. The number of rotatable bonds is 0. The molecular formula is C12H19P. The van der Waals surface area contributed by atoms with Crippen molar-refractivity contribution in [2.45, 2.75) is 26.4 Å². The Morgan fingerprint density at radius 3 is 2.38 bits per heavy atom. The van der Waals surface area contributed by atoms with Crippen LogP contribution in [0.15, 0.2) is 24.3 Å².